The molecule has 1 aromatic carbocycles. The third-order valence-electron chi connectivity index (χ3n) is 2.77. The van der Waals surface area contributed by atoms with E-state index in [1.54, 1.807) is 11.3 Å². The molecule has 0 spiro atoms. The molecule has 0 amide bonds. The number of nitrogens with two attached hydrogens (primary N) is 1. The summed E-state index contributed by atoms with van der Waals surface area (Å²) in [7, 11) is 0. The molecule has 0 atom stereocenters. The first-order chi connectivity index (χ1) is 7.33. The van der Waals surface area contributed by atoms with E-state index in [1.165, 1.54) is 27.8 Å². The van der Waals surface area contributed by atoms with Crippen LogP contribution in [0.2, 0.25) is 0 Å². The number of rotatable bonds is 3. The molecule has 2 nitrogen and oxygen atoms in total. The van der Waals surface area contributed by atoms with Crippen molar-refractivity contribution in [3.05, 3.63) is 29.1 Å². The first kappa shape index (κ1) is 9.19. The van der Waals surface area contributed by atoms with Crippen LogP contribution in [0, 0.1) is 0 Å². The summed E-state index contributed by atoms with van der Waals surface area (Å²) in [4.78, 5) is 1.38. The minimum Gasteiger partial charge on any atom is -0.398 e. The number of nitrogens with one attached hydrogen (secondary N) is 1. The molecule has 0 bridgehead atoms. The van der Waals surface area contributed by atoms with Gasteiger partial charge in [-0.3, -0.25) is 0 Å². The average molecular weight is 218 g/mol. The number of benzene rings is 1. The van der Waals surface area contributed by atoms with Gasteiger partial charge >= 0.3 is 0 Å². The first-order valence-electron chi connectivity index (χ1n) is 5.33. The van der Waals surface area contributed by atoms with Gasteiger partial charge in [-0.1, -0.05) is 12.1 Å². The lowest BCUT2D eigenvalue weighted by Gasteiger charge is -1.97. The summed E-state index contributed by atoms with van der Waals surface area (Å²) in [5, 5.41) is 4.79. The van der Waals surface area contributed by atoms with E-state index in [1.807, 2.05) is 12.1 Å². The van der Waals surface area contributed by atoms with Gasteiger partial charge in [-0.25, -0.2) is 0 Å². The van der Waals surface area contributed by atoms with E-state index in [4.69, 9.17) is 5.73 Å². The number of hydrogen-bond donors (Lipinski definition) is 2. The quantitative estimate of drug-likeness (QED) is 0.777. The zero-order valence-corrected chi connectivity index (χ0v) is 9.31. The smallest absolute Gasteiger partial charge is 0.0575 e. The Balaban J connectivity index is 1.88. The van der Waals surface area contributed by atoms with Gasteiger partial charge in [-0.05, 0) is 30.4 Å². The molecule has 0 unspecified atom stereocenters. The Morgan fingerprint density at radius 3 is 3.00 bits per heavy atom. The average Bonchev–Trinajstić information content (AvgIpc) is 2.95. The zero-order valence-electron chi connectivity index (χ0n) is 8.49. The van der Waals surface area contributed by atoms with Crippen molar-refractivity contribution in [2.75, 3.05) is 5.73 Å². The van der Waals surface area contributed by atoms with E-state index in [-0.39, 0.29) is 0 Å². The van der Waals surface area contributed by atoms with Gasteiger partial charge in [0, 0.05) is 23.2 Å². The van der Waals surface area contributed by atoms with Crippen LogP contribution in [0.3, 0.4) is 0 Å². The maximum absolute atomic E-state index is 5.93. The Bertz CT molecular complexity index is 485. The highest BCUT2D eigenvalue weighted by molar-refractivity contribution is 7.19. The Kier molecular flexibility index (Phi) is 2.15. The highest BCUT2D eigenvalue weighted by atomic mass is 32.1. The van der Waals surface area contributed by atoms with Gasteiger partial charge in [0.1, 0.15) is 0 Å². The summed E-state index contributed by atoms with van der Waals surface area (Å²) >= 11 is 1.81. The summed E-state index contributed by atoms with van der Waals surface area (Å²) < 4.78 is 1.23. The lowest BCUT2D eigenvalue weighted by molar-refractivity contribution is 0.695. The highest BCUT2D eigenvalue weighted by Crippen LogP contribution is 2.30. The predicted octanol–water partition coefficient (Wildman–Crippen LogP) is 2.74. The monoisotopic (exact) mass is 218 g/mol. The molecule has 3 heteroatoms. The number of anilines is 1. The minimum absolute atomic E-state index is 0.771. The summed E-state index contributed by atoms with van der Waals surface area (Å²) in [5.41, 5.74) is 6.83. The normalized spacial score (nSPS) is 16.0. The molecule has 3 rings (SSSR count). The summed E-state index contributed by atoms with van der Waals surface area (Å²) in [5.74, 6) is 0. The van der Waals surface area contributed by atoms with Crippen LogP contribution in [-0.2, 0) is 6.54 Å². The molecule has 1 aliphatic carbocycles. The summed E-state index contributed by atoms with van der Waals surface area (Å²) in [6.07, 6.45) is 2.68. The van der Waals surface area contributed by atoms with Gasteiger partial charge in [0.15, 0.2) is 0 Å². The van der Waals surface area contributed by atoms with Crippen molar-refractivity contribution < 1.29 is 0 Å². The zero-order chi connectivity index (χ0) is 10.3. The highest BCUT2D eigenvalue weighted by Gasteiger charge is 2.20. The lowest BCUT2D eigenvalue weighted by atomic mass is 10.2. The second-order valence-corrected chi connectivity index (χ2v) is 5.27. The fraction of sp³-hybridized carbons (Fsp3) is 0.333. The van der Waals surface area contributed by atoms with Crippen LogP contribution in [0.5, 0.6) is 0 Å². The standard InChI is InChI=1S/C12H14N2S/c13-11-3-1-2-8-6-10(15-12(8)11)7-14-9-4-5-9/h1-3,6,9,14H,4-5,7,13H2. The number of hydrogen-bond acceptors (Lipinski definition) is 3. The summed E-state index contributed by atoms with van der Waals surface area (Å²) in [6.45, 7) is 0.990. The van der Waals surface area contributed by atoms with Gasteiger partial charge in [-0.2, -0.15) is 0 Å². The van der Waals surface area contributed by atoms with Crippen molar-refractivity contribution in [2.24, 2.45) is 0 Å². The van der Waals surface area contributed by atoms with Crippen molar-refractivity contribution in [1.82, 2.24) is 5.32 Å². The van der Waals surface area contributed by atoms with E-state index < -0.39 is 0 Å². The van der Waals surface area contributed by atoms with Crippen molar-refractivity contribution in [1.29, 1.82) is 0 Å². The second kappa shape index (κ2) is 3.51. The van der Waals surface area contributed by atoms with Crippen molar-refractivity contribution in [3.63, 3.8) is 0 Å². The second-order valence-electron chi connectivity index (χ2n) is 4.13. The van der Waals surface area contributed by atoms with Crippen LogP contribution in [0.15, 0.2) is 24.3 Å². The molecule has 0 aliphatic heterocycles. The van der Waals surface area contributed by atoms with E-state index in [0.717, 1.165) is 18.3 Å². The van der Waals surface area contributed by atoms with Crippen molar-refractivity contribution in [3.8, 4) is 0 Å². The van der Waals surface area contributed by atoms with E-state index >= 15 is 0 Å². The Morgan fingerprint density at radius 2 is 2.27 bits per heavy atom. The lowest BCUT2D eigenvalue weighted by Crippen LogP contribution is -2.14. The molecule has 2 aromatic rings. The van der Waals surface area contributed by atoms with Crippen LogP contribution < -0.4 is 11.1 Å². The van der Waals surface area contributed by atoms with Gasteiger partial charge in [-0.15, -0.1) is 11.3 Å². The topological polar surface area (TPSA) is 38.0 Å². The predicted molar refractivity (Wildman–Crippen MR) is 66.1 cm³/mol. The molecule has 1 heterocycles. The maximum Gasteiger partial charge on any atom is 0.0575 e. The van der Waals surface area contributed by atoms with Crippen LogP contribution in [0.4, 0.5) is 5.69 Å². The number of nitrogen functional groups attached to an aromatic ring is 1. The molecule has 78 valence electrons. The van der Waals surface area contributed by atoms with Crippen LogP contribution in [0.25, 0.3) is 10.1 Å². The van der Waals surface area contributed by atoms with Crippen molar-refractivity contribution in [2.45, 2.75) is 25.4 Å². The Hall–Kier alpha value is -1.06. The largest absolute Gasteiger partial charge is 0.398 e. The molecule has 1 fully saturated rings. The van der Waals surface area contributed by atoms with Gasteiger partial charge in [0.2, 0.25) is 0 Å². The molecule has 15 heavy (non-hydrogen) atoms. The third kappa shape index (κ3) is 1.85. The fourth-order valence-corrected chi connectivity index (χ4v) is 2.79. The first-order valence-corrected chi connectivity index (χ1v) is 6.15. The van der Waals surface area contributed by atoms with E-state index in [9.17, 15) is 0 Å². The van der Waals surface area contributed by atoms with E-state index in [2.05, 4.69) is 17.4 Å². The molecule has 3 N–H and O–H groups in total. The van der Waals surface area contributed by atoms with Gasteiger partial charge < -0.3 is 11.1 Å². The van der Waals surface area contributed by atoms with Gasteiger partial charge in [0.05, 0.1) is 4.70 Å². The molecule has 1 saturated carbocycles. The van der Waals surface area contributed by atoms with Crippen LogP contribution >= 0.6 is 11.3 Å². The molecular formula is C12H14N2S. The van der Waals surface area contributed by atoms with Crippen molar-refractivity contribution >= 4 is 27.1 Å². The Labute approximate surface area is 93.1 Å². The molecule has 0 saturated heterocycles. The van der Waals surface area contributed by atoms with Gasteiger partial charge in [0.25, 0.3) is 0 Å². The molecule has 0 radical (unpaired) electrons. The minimum atomic E-state index is 0.771. The number of thiophene rings is 1. The maximum atomic E-state index is 5.93. The molecular weight excluding hydrogens is 204 g/mol. The number of fused-ring (bicyclic) bond motifs is 1. The molecule has 1 aromatic heterocycles. The fourth-order valence-electron chi connectivity index (χ4n) is 1.76. The Morgan fingerprint density at radius 1 is 1.40 bits per heavy atom. The SMILES string of the molecule is Nc1cccc2cc(CNC3CC3)sc12. The third-order valence-corrected chi connectivity index (χ3v) is 3.97. The van der Waals surface area contributed by atoms with Crippen LogP contribution in [-0.4, -0.2) is 6.04 Å². The molecule has 1 aliphatic rings. The van der Waals surface area contributed by atoms with E-state index in [0.29, 0.717) is 0 Å². The summed E-state index contributed by atoms with van der Waals surface area (Å²) in [6, 6.07) is 9.13. The van der Waals surface area contributed by atoms with Crippen LogP contribution in [0.1, 0.15) is 17.7 Å².